The molecule has 2 heterocycles. The second kappa shape index (κ2) is 5.46. The quantitative estimate of drug-likeness (QED) is 0.835. The third kappa shape index (κ3) is 3.06. The molecule has 0 spiro atoms. The van der Waals surface area contributed by atoms with Gasteiger partial charge in [0.1, 0.15) is 5.76 Å². The third-order valence-electron chi connectivity index (χ3n) is 3.25. The third-order valence-corrected chi connectivity index (χ3v) is 3.25. The molecule has 0 radical (unpaired) electrons. The highest BCUT2D eigenvalue weighted by molar-refractivity contribution is 4.95. The van der Waals surface area contributed by atoms with Gasteiger partial charge in [0.05, 0.1) is 12.7 Å². The molecule has 1 N–H and O–H groups in total. The Kier molecular flexibility index (Phi) is 3.96. The molecule has 1 saturated heterocycles. The summed E-state index contributed by atoms with van der Waals surface area (Å²) in [6, 6.07) is 0. The molecule has 0 aliphatic carbocycles. The van der Waals surface area contributed by atoms with Crippen LogP contribution in [0.5, 0.6) is 0 Å². The highest BCUT2D eigenvalue weighted by atomic mass is 16.4. The lowest BCUT2D eigenvalue weighted by atomic mass is 9.94. The number of hydrogen-bond donors (Lipinski definition) is 1. The Morgan fingerprint density at radius 2 is 2.25 bits per heavy atom. The molecule has 0 atom stereocenters. The van der Waals surface area contributed by atoms with E-state index in [4.69, 9.17) is 4.42 Å². The first kappa shape index (κ1) is 11.6. The lowest BCUT2D eigenvalue weighted by molar-refractivity contribution is 0.211. The molecule has 0 saturated carbocycles. The number of piperidine rings is 1. The molecule has 1 aromatic rings. The molecule has 1 aliphatic heterocycles. The van der Waals surface area contributed by atoms with Crippen LogP contribution in [0, 0.1) is 5.92 Å². The summed E-state index contributed by atoms with van der Waals surface area (Å²) in [5.74, 6) is 2.59. The summed E-state index contributed by atoms with van der Waals surface area (Å²) in [5, 5.41) is 3.07. The van der Waals surface area contributed by atoms with Crippen LogP contribution in [0.1, 0.15) is 24.5 Å². The minimum Gasteiger partial charge on any atom is -0.444 e. The maximum absolute atomic E-state index is 5.67. The van der Waals surface area contributed by atoms with Crippen LogP contribution in [0.25, 0.3) is 0 Å². The maximum Gasteiger partial charge on any atom is 0.194 e. The van der Waals surface area contributed by atoms with Crippen LogP contribution in [0.4, 0.5) is 0 Å². The van der Waals surface area contributed by atoms with Crippen LogP contribution in [0.3, 0.4) is 0 Å². The normalized spacial score (nSPS) is 19.1. The van der Waals surface area contributed by atoms with Crippen molar-refractivity contribution in [2.45, 2.75) is 25.8 Å². The molecular weight excluding hydrogens is 202 g/mol. The number of nitrogens with one attached hydrogen (secondary N) is 1. The second-order valence-corrected chi connectivity index (χ2v) is 4.70. The molecule has 0 bridgehead atoms. The summed E-state index contributed by atoms with van der Waals surface area (Å²) in [4.78, 5) is 6.72. The maximum atomic E-state index is 5.67. The summed E-state index contributed by atoms with van der Waals surface area (Å²) in [5.41, 5.74) is 0. The lowest BCUT2D eigenvalue weighted by Crippen LogP contribution is -2.30. The van der Waals surface area contributed by atoms with Crippen molar-refractivity contribution in [1.82, 2.24) is 15.2 Å². The van der Waals surface area contributed by atoms with E-state index in [0.29, 0.717) is 0 Å². The fourth-order valence-electron chi connectivity index (χ4n) is 2.21. The SMILES string of the molecule is CNCc1cnc(CC2CCN(C)CC2)o1. The van der Waals surface area contributed by atoms with Crippen LogP contribution in [0.15, 0.2) is 10.6 Å². The van der Waals surface area contributed by atoms with E-state index in [-0.39, 0.29) is 0 Å². The van der Waals surface area contributed by atoms with Crippen LogP contribution >= 0.6 is 0 Å². The van der Waals surface area contributed by atoms with Gasteiger partial charge in [0.15, 0.2) is 5.89 Å². The van der Waals surface area contributed by atoms with Gasteiger partial charge in [-0.15, -0.1) is 0 Å². The van der Waals surface area contributed by atoms with Gasteiger partial charge in [0.2, 0.25) is 0 Å². The number of nitrogens with zero attached hydrogens (tertiary/aromatic N) is 2. The average molecular weight is 223 g/mol. The van der Waals surface area contributed by atoms with Crippen molar-refractivity contribution in [3.8, 4) is 0 Å². The minimum absolute atomic E-state index is 0.747. The van der Waals surface area contributed by atoms with E-state index in [1.54, 1.807) is 0 Å². The predicted octanol–water partition coefficient (Wildman–Crippen LogP) is 1.28. The Morgan fingerprint density at radius 3 is 2.94 bits per heavy atom. The van der Waals surface area contributed by atoms with Gasteiger partial charge in [-0.2, -0.15) is 0 Å². The van der Waals surface area contributed by atoms with Crippen molar-refractivity contribution in [1.29, 1.82) is 0 Å². The fourth-order valence-corrected chi connectivity index (χ4v) is 2.21. The topological polar surface area (TPSA) is 41.3 Å². The summed E-state index contributed by atoms with van der Waals surface area (Å²) in [7, 11) is 4.10. The zero-order valence-corrected chi connectivity index (χ0v) is 10.2. The van der Waals surface area contributed by atoms with Gasteiger partial charge in [-0.3, -0.25) is 0 Å². The standard InChI is InChI=1S/C12H21N3O/c1-13-8-11-9-14-12(16-11)7-10-3-5-15(2)6-4-10/h9-10,13H,3-8H2,1-2H3. The van der Waals surface area contributed by atoms with Gasteiger partial charge in [-0.1, -0.05) is 0 Å². The fraction of sp³-hybridized carbons (Fsp3) is 0.750. The minimum atomic E-state index is 0.747. The molecule has 0 unspecified atom stereocenters. The van der Waals surface area contributed by atoms with Crippen LogP contribution in [-0.2, 0) is 13.0 Å². The van der Waals surface area contributed by atoms with E-state index in [1.165, 1.54) is 25.9 Å². The number of hydrogen-bond acceptors (Lipinski definition) is 4. The number of rotatable bonds is 4. The summed E-state index contributed by atoms with van der Waals surface area (Å²) < 4.78 is 5.67. The van der Waals surface area contributed by atoms with E-state index in [2.05, 4.69) is 22.2 Å². The van der Waals surface area contributed by atoms with Gasteiger partial charge in [-0.05, 0) is 45.9 Å². The van der Waals surface area contributed by atoms with Gasteiger partial charge < -0.3 is 14.6 Å². The van der Waals surface area contributed by atoms with Crippen LogP contribution < -0.4 is 5.32 Å². The van der Waals surface area contributed by atoms with Crippen molar-refractivity contribution < 1.29 is 4.42 Å². The van der Waals surface area contributed by atoms with Crippen molar-refractivity contribution in [2.24, 2.45) is 5.92 Å². The van der Waals surface area contributed by atoms with E-state index in [1.807, 2.05) is 13.2 Å². The van der Waals surface area contributed by atoms with Crippen LogP contribution in [-0.4, -0.2) is 37.1 Å². The first-order chi connectivity index (χ1) is 7.78. The van der Waals surface area contributed by atoms with E-state index >= 15 is 0 Å². The van der Waals surface area contributed by atoms with E-state index in [0.717, 1.165) is 30.5 Å². The molecule has 90 valence electrons. The molecule has 1 fully saturated rings. The van der Waals surface area contributed by atoms with Crippen molar-refractivity contribution in [3.05, 3.63) is 17.8 Å². The van der Waals surface area contributed by atoms with Crippen molar-refractivity contribution >= 4 is 0 Å². The summed E-state index contributed by atoms with van der Waals surface area (Å²) in [6.45, 7) is 3.17. The van der Waals surface area contributed by atoms with Crippen molar-refractivity contribution in [3.63, 3.8) is 0 Å². The molecule has 0 amide bonds. The molecule has 0 aromatic carbocycles. The Morgan fingerprint density at radius 1 is 1.50 bits per heavy atom. The molecule has 1 aromatic heterocycles. The molecule has 4 heteroatoms. The molecule has 1 aliphatic rings. The molecular formula is C12H21N3O. The first-order valence-corrected chi connectivity index (χ1v) is 6.04. The van der Waals surface area contributed by atoms with E-state index in [9.17, 15) is 0 Å². The zero-order chi connectivity index (χ0) is 11.4. The largest absolute Gasteiger partial charge is 0.444 e. The molecule has 4 nitrogen and oxygen atoms in total. The van der Waals surface area contributed by atoms with Gasteiger partial charge >= 0.3 is 0 Å². The Bertz CT molecular complexity index is 316. The van der Waals surface area contributed by atoms with Gasteiger partial charge in [0, 0.05) is 6.42 Å². The smallest absolute Gasteiger partial charge is 0.194 e. The summed E-state index contributed by atoms with van der Waals surface area (Å²) in [6.07, 6.45) is 5.36. The van der Waals surface area contributed by atoms with Gasteiger partial charge in [-0.25, -0.2) is 4.98 Å². The monoisotopic (exact) mass is 223 g/mol. The lowest BCUT2D eigenvalue weighted by Gasteiger charge is -2.28. The molecule has 2 rings (SSSR count). The number of aromatic nitrogens is 1. The predicted molar refractivity (Wildman–Crippen MR) is 63.2 cm³/mol. The number of likely N-dealkylation sites (tertiary alicyclic amines) is 1. The molecule has 16 heavy (non-hydrogen) atoms. The average Bonchev–Trinajstić information content (AvgIpc) is 2.70. The zero-order valence-electron chi connectivity index (χ0n) is 10.2. The van der Waals surface area contributed by atoms with Crippen LogP contribution in [0.2, 0.25) is 0 Å². The van der Waals surface area contributed by atoms with Crippen molar-refractivity contribution in [2.75, 3.05) is 27.2 Å². The Balaban J connectivity index is 1.83. The Hall–Kier alpha value is -0.870. The summed E-state index contributed by atoms with van der Waals surface area (Å²) >= 11 is 0. The number of oxazole rings is 1. The highest BCUT2D eigenvalue weighted by Gasteiger charge is 2.18. The Labute approximate surface area is 97.0 Å². The first-order valence-electron chi connectivity index (χ1n) is 6.04. The van der Waals surface area contributed by atoms with Gasteiger partial charge in [0.25, 0.3) is 0 Å². The van der Waals surface area contributed by atoms with E-state index < -0.39 is 0 Å². The highest BCUT2D eigenvalue weighted by Crippen LogP contribution is 2.20. The second-order valence-electron chi connectivity index (χ2n) is 4.70.